The van der Waals surface area contributed by atoms with Crippen molar-refractivity contribution in [3.05, 3.63) is 36.5 Å². The van der Waals surface area contributed by atoms with Crippen LogP contribution in [0.5, 0.6) is 0 Å². The lowest BCUT2D eigenvalue weighted by Crippen LogP contribution is -2.45. The molecule has 63 heavy (non-hydrogen) atoms. The van der Waals surface area contributed by atoms with E-state index in [9.17, 15) is 20.1 Å². The van der Waals surface area contributed by atoms with Gasteiger partial charge in [0, 0.05) is 0 Å². The standard InChI is InChI=1S/C58H111NO4/c1-3-5-7-9-11-13-15-17-19-21-22-23-24-25-26-27-28-29-30-31-32-33-34-36-37-39-41-43-45-47-49-51-55(61)53-58(63)59-56(54-60)57(62)52-50-48-46-44-42-40-38-35-20-18-16-14-12-10-8-6-4-2/h22-23,25-26,50,52,55-57,60-62H,3-21,24,27-49,51,53-54H2,1-2H3,(H,59,63)/b23-22-,26-25-,52-50+. The van der Waals surface area contributed by atoms with Crippen LogP contribution >= 0.6 is 0 Å². The van der Waals surface area contributed by atoms with Gasteiger partial charge >= 0.3 is 0 Å². The van der Waals surface area contributed by atoms with Crippen molar-refractivity contribution >= 4 is 5.91 Å². The summed E-state index contributed by atoms with van der Waals surface area (Å²) >= 11 is 0. The summed E-state index contributed by atoms with van der Waals surface area (Å²) in [6, 6.07) is -0.744. The zero-order valence-corrected chi connectivity index (χ0v) is 42.5. The van der Waals surface area contributed by atoms with Crippen LogP contribution in [0, 0.1) is 0 Å². The number of aliphatic hydroxyl groups excluding tert-OH is 3. The second-order valence-electron chi connectivity index (χ2n) is 19.5. The van der Waals surface area contributed by atoms with Crippen molar-refractivity contribution in [3.8, 4) is 0 Å². The third kappa shape index (κ3) is 49.8. The van der Waals surface area contributed by atoms with E-state index < -0.39 is 18.2 Å². The van der Waals surface area contributed by atoms with E-state index in [1.54, 1.807) is 6.08 Å². The van der Waals surface area contributed by atoms with E-state index >= 15 is 0 Å². The lowest BCUT2D eigenvalue weighted by atomic mass is 10.0. The molecule has 0 saturated carbocycles. The van der Waals surface area contributed by atoms with Crippen LogP contribution in [0.15, 0.2) is 36.5 Å². The van der Waals surface area contributed by atoms with Crippen molar-refractivity contribution in [2.24, 2.45) is 0 Å². The van der Waals surface area contributed by atoms with Gasteiger partial charge < -0.3 is 20.6 Å². The summed E-state index contributed by atoms with van der Waals surface area (Å²) in [4.78, 5) is 12.5. The normalized spacial score (nSPS) is 13.5. The molecular weight excluding hydrogens is 775 g/mol. The number of hydrogen-bond donors (Lipinski definition) is 4. The Hall–Kier alpha value is -1.43. The van der Waals surface area contributed by atoms with Gasteiger partial charge in [-0.2, -0.15) is 0 Å². The van der Waals surface area contributed by atoms with E-state index in [1.807, 2.05) is 6.08 Å². The summed E-state index contributed by atoms with van der Waals surface area (Å²) in [5.74, 6) is -0.312. The molecule has 0 aliphatic heterocycles. The number of nitrogens with one attached hydrogen (secondary N) is 1. The fraction of sp³-hybridized carbons (Fsp3) is 0.879. The summed E-state index contributed by atoms with van der Waals surface area (Å²) in [7, 11) is 0. The van der Waals surface area contributed by atoms with Gasteiger partial charge in [0.1, 0.15) is 0 Å². The van der Waals surface area contributed by atoms with Crippen LogP contribution in [0.25, 0.3) is 0 Å². The van der Waals surface area contributed by atoms with Gasteiger partial charge in [-0.15, -0.1) is 0 Å². The maximum absolute atomic E-state index is 12.5. The maximum atomic E-state index is 12.5. The van der Waals surface area contributed by atoms with Gasteiger partial charge in [-0.3, -0.25) is 4.79 Å². The van der Waals surface area contributed by atoms with Crippen LogP contribution in [0.1, 0.15) is 303 Å². The monoisotopic (exact) mass is 886 g/mol. The number of rotatable bonds is 52. The van der Waals surface area contributed by atoms with Crippen LogP contribution < -0.4 is 5.32 Å². The van der Waals surface area contributed by atoms with Crippen molar-refractivity contribution in [1.82, 2.24) is 5.32 Å². The SMILES string of the molecule is CCCCCCCCCCC/C=C\C/C=C\CCCCCCCCCCCCCCCCCC(O)CC(=O)NC(CO)C(O)/C=C/CCCCCCCCCCCCCCCCC. The van der Waals surface area contributed by atoms with Gasteiger partial charge in [-0.05, 0) is 51.4 Å². The second kappa shape index (κ2) is 53.2. The third-order valence-electron chi connectivity index (χ3n) is 13.2. The Bertz CT molecular complexity index is 978. The second-order valence-corrected chi connectivity index (χ2v) is 19.5. The Labute approximate surface area is 394 Å². The minimum atomic E-state index is -0.928. The van der Waals surface area contributed by atoms with Crippen LogP contribution in [0.2, 0.25) is 0 Å². The fourth-order valence-corrected chi connectivity index (χ4v) is 8.84. The highest BCUT2D eigenvalue weighted by atomic mass is 16.3. The van der Waals surface area contributed by atoms with Crippen LogP contribution in [-0.4, -0.2) is 46.1 Å². The first kappa shape index (κ1) is 61.6. The van der Waals surface area contributed by atoms with E-state index in [-0.39, 0.29) is 18.9 Å². The minimum Gasteiger partial charge on any atom is -0.394 e. The predicted molar refractivity (Wildman–Crippen MR) is 278 cm³/mol. The molecule has 0 rings (SSSR count). The molecule has 0 aliphatic carbocycles. The number of allylic oxidation sites excluding steroid dienone is 5. The zero-order chi connectivity index (χ0) is 45.8. The molecule has 3 atom stereocenters. The van der Waals surface area contributed by atoms with E-state index in [0.29, 0.717) is 6.42 Å². The predicted octanol–water partition coefficient (Wildman–Crippen LogP) is 17.4. The summed E-state index contributed by atoms with van der Waals surface area (Å²) in [5, 5.41) is 33.4. The number of amides is 1. The highest BCUT2D eigenvalue weighted by molar-refractivity contribution is 5.76. The van der Waals surface area contributed by atoms with Crippen molar-refractivity contribution < 1.29 is 20.1 Å². The lowest BCUT2D eigenvalue weighted by molar-refractivity contribution is -0.124. The van der Waals surface area contributed by atoms with Gasteiger partial charge in [-0.1, -0.05) is 281 Å². The van der Waals surface area contributed by atoms with Gasteiger partial charge in [0.05, 0.1) is 31.3 Å². The molecule has 4 N–H and O–H groups in total. The summed E-state index contributed by atoms with van der Waals surface area (Å²) < 4.78 is 0. The number of aliphatic hydroxyl groups is 3. The molecule has 1 amide bonds. The Kier molecular flexibility index (Phi) is 52.0. The number of hydrogen-bond acceptors (Lipinski definition) is 4. The molecule has 0 bridgehead atoms. The first-order chi connectivity index (χ1) is 31.0. The van der Waals surface area contributed by atoms with E-state index in [0.717, 1.165) is 32.1 Å². The van der Waals surface area contributed by atoms with E-state index in [1.165, 1.54) is 244 Å². The van der Waals surface area contributed by atoms with Crippen LogP contribution in [0.3, 0.4) is 0 Å². The average Bonchev–Trinajstić information content (AvgIpc) is 3.28. The van der Waals surface area contributed by atoms with Gasteiger partial charge in [-0.25, -0.2) is 0 Å². The fourth-order valence-electron chi connectivity index (χ4n) is 8.84. The molecule has 0 aromatic rings. The summed E-state index contributed by atoms with van der Waals surface area (Å²) in [6.45, 7) is 4.24. The minimum absolute atomic E-state index is 0.0153. The first-order valence-electron chi connectivity index (χ1n) is 28.3. The van der Waals surface area contributed by atoms with Crippen molar-refractivity contribution in [2.75, 3.05) is 6.61 Å². The Balaban J connectivity index is 3.54. The molecular formula is C58H111NO4. The molecule has 0 aliphatic rings. The average molecular weight is 887 g/mol. The van der Waals surface area contributed by atoms with Crippen molar-refractivity contribution in [3.63, 3.8) is 0 Å². The Morgan fingerprint density at radius 3 is 1.05 bits per heavy atom. The lowest BCUT2D eigenvalue weighted by Gasteiger charge is -2.21. The zero-order valence-electron chi connectivity index (χ0n) is 42.5. The van der Waals surface area contributed by atoms with Crippen molar-refractivity contribution in [1.29, 1.82) is 0 Å². The molecule has 0 saturated heterocycles. The largest absolute Gasteiger partial charge is 0.394 e. The number of carbonyl (C=O) groups is 1. The number of carbonyl (C=O) groups excluding carboxylic acids is 1. The molecule has 0 fully saturated rings. The molecule has 3 unspecified atom stereocenters. The van der Waals surface area contributed by atoms with Gasteiger partial charge in [0.15, 0.2) is 0 Å². The third-order valence-corrected chi connectivity index (χ3v) is 13.2. The topological polar surface area (TPSA) is 89.8 Å². The number of unbranched alkanes of at least 4 members (excludes halogenated alkanes) is 39. The summed E-state index contributed by atoms with van der Waals surface area (Å²) in [5.41, 5.74) is 0. The quantitative estimate of drug-likeness (QED) is 0.0362. The highest BCUT2D eigenvalue weighted by Gasteiger charge is 2.20. The highest BCUT2D eigenvalue weighted by Crippen LogP contribution is 2.17. The van der Waals surface area contributed by atoms with Gasteiger partial charge in [0.25, 0.3) is 0 Å². The van der Waals surface area contributed by atoms with E-state index in [2.05, 4.69) is 43.5 Å². The van der Waals surface area contributed by atoms with E-state index in [4.69, 9.17) is 0 Å². The summed E-state index contributed by atoms with van der Waals surface area (Å²) in [6.07, 6.45) is 69.0. The molecule has 5 nitrogen and oxygen atoms in total. The first-order valence-corrected chi connectivity index (χ1v) is 28.3. The Morgan fingerprint density at radius 1 is 0.413 bits per heavy atom. The molecule has 0 aromatic carbocycles. The Morgan fingerprint density at radius 2 is 0.714 bits per heavy atom. The molecule has 0 aromatic heterocycles. The van der Waals surface area contributed by atoms with Crippen LogP contribution in [-0.2, 0) is 4.79 Å². The maximum Gasteiger partial charge on any atom is 0.222 e. The molecule has 0 heterocycles. The van der Waals surface area contributed by atoms with Crippen molar-refractivity contribution in [2.45, 2.75) is 321 Å². The van der Waals surface area contributed by atoms with Crippen LogP contribution in [0.4, 0.5) is 0 Å². The molecule has 0 spiro atoms. The molecule has 5 heteroatoms. The van der Waals surface area contributed by atoms with Gasteiger partial charge in [0.2, 0.25) is 5.91 Å². The molecule has 0 radical (unpaired) electrons. The smallest absolute Gasteiger partial charge is 0.222 e. The molecule has 372 valence electrons.